The van der Waals surface area contributed by atoms with E-state index in [1.165, 1.54) is 51.5 Å². The van der Waals surface area contributed by atoms with E-state index in [0.29, 0.717) is 5.54 Å². The minimum atomic E-state index is 0.543. The van der Waals surface area contributed by atoms with Gasteiger partial charge in [-0.1, -0.05) is 6.92 Å². The molecule has 2 aliphatic heterocycles. The third-order valence-corrected chi connectivity index (χ3v) is 5.16. The van der Waals surface area contributed by atoms with Crippen LogP contribution in [0.15, 0.2) is 0 Å². The molecule has 2 heterocycles. The van der Waals surface area contributed by atoms with Crippen LogP contribution >= 0.6 is 0 Å². The van der Waals surface area contributed by atoms with Gasteiger partial charge < -0.3 is 10.6 Å². The lowest BCUT2D eigenvalue weighted by Crippen LogP contribution is -2.52. The molecule has 3 aliphatic rings. The Bertz CT molecular complexity index is 229. The summed E-state index contributed by atoms with van der Waals surface area (Å²) in [7, 11) is 0. The van der Waals surface area contributed by atoms with Crippen LogP contribution < -0.4 is 10.6 Å². The van der Waals surface area contributed by atoms with Gasteiger partial charge in [-0.25, -0.2) is 0 Å². The molecule has 86 valence electrons. The highest BCUT2D eigenvalue weighted by Gasteiger charge is 2.41. The van der Waals surface area contributed by atoms with Gasteiger partial charge in [-0.2, -0.15) is 0 Å². The number of fused-ring (bicyclic) bond motifs is 2. The van der Waals surface area contributed by atoms with Gasteiger partial charge in [0.2, 0.25) is 0 Å². The minimum absolute atomic E-state index is 0.543. The highest BCUT2D eigenvalue weighted by molar-refractivity contribution is 5.01. The summed E-state index contributed by atoms with van der Waals surface area (Å²) in [5.41, 5.74) is 0.543. The van der Waals surface area contributed by atoms with Crippen molar-refractivity contribution in [2.75, 3.05) is 6.54 Å². The van der Waals surface area contributed by atoms with Crippen LogP contribution in [0.25, 0.3) is 0 Å². The van der Waals surface area contributed by atoms with Crippen molar-refractivity contribution in [2.45, 2.75) is 69.5 Å². The molecule has 2 N–H and O–H groups in total. The van der Waals surface area contributed by atoms with Gasteiger partial charge in [-0.15, -0.1) is 0 Å². The average molecular weight is 208 g/mol. The molecule has 3 unspecified atom stereocenters. The zero-order valence-corrected chi connectivity index (χ0v) is 9.89. The number of hydrogen-bond donors (Lipinski definition) is 2. The van der Waals surface area contributed by atoms with Gasteiger partial charge in [0.1, 0.15) is 0 Å². The summed E-state index contributed by atoms with van der Waals surface area (Å²) in [6.45, 7) is 3.60. The Morgan fingerprint density at radius 3 is 2.67 bits per heavy atom. The quantitative estimate of drug-likeness (QED) is 0.739. The largest absolute Gasteiger partial charge is 0.311 e. The Hall–Kier alpha value is -0.0800. The molecule has 0 spiro atoms. The highest BCUT2D eigenvalue weighted by atomic mass is 15.1. The molecule has 0 aromatic rings. The fourth-order valence-corrected chi connectivity index (χ4v) is 3.77. The Kier molecular flexibility index (Phi) is 2.52. The smallest absolute Gasteiger partial charge is 0.0179 e. The van der Waals surface area contributed by atoms with Crippen molar-refractivity contribution in [3.8, 4) is 0 Å². The lowest BCUT2D eigenvalue weighted by Gasteiger charge is -2.43. The number of nitrogens with one attached hydrogen (secondary N) is 2. The average Bonchev–Trinajstić information content (AvgIpc) is 2.78. The van der Waals surface area contributed by atoms with Crippen LogP contribution in [0, 0.1) is 5.92 Å². The normalized spacial score (nSPS) is 41.8. The molecule has 0 aromatic heterocycles. The van der Waals surface area contributed by atoms with Gasteiger partial charge in [0.15, 0.2) is 0 Å². The van der Waals surface area contributed by atoms with Crippen LogP contribution in [-0.2, 0) is 0 Å². The third kappa shape index (κ3) is 1.72. The first kappa shape index (κ1) is 10.1. The molecule has 0 amide bonds. The monoisotopic (exact) mass is 208 g/mol. The molecule has 3 fully saturated rings. The Labute approximate surface area is 93.2 Å². The van der Waals surface area contributed by atoms with E-state index >= 15 is 0 Å². The van der Waals surface area contributed by atoms with Crippen LogP contribution in [0.1, 0.15) is 51.9 Å². The van der Waals surface area contributed by atoms with Crippen molar-refractivity contribution in [1.82, 2.24) is 10.6 Å². The van der Waals surface area contributed by atoms with Crippen LogP contribution in [0.5, 0.6) is 0 Å². The van der Waals surface area contributed by atoms with Crippen LogP contribution in [0.3, 0.4) is 0 Å². The first-order chi connectivity index (χ1) is 7.31. The Morgan fingerprint density at radius 1 is 1.33 bits per heavy atom. The van der Waals surface area contributed by atoms with E-state index in [1.807, 2.05) is 0 Å². The first-order valence-electron chi connectivity index (χ1n) is 6.82. The van der Waals surface area contributed by atoms with Crippen molar-refractivity contribution in [1.29, 1.82) is 0 Å². The van der Waals surface area contributed by atoms with Crippen molar-refractivity contribution in [3.63, 3.8) is 0 Å². The van der Waals surface area contributed by atoms with E-state index in [2.05, 4.69) is 17.6 Å². The molecule has 3 atom stereocenters. The lowest BCUT2D eigenvalue weighted by molar-refractivity contribution is 0.164. The fraction of sp³-hybridized carbons (Fsp3) is 1.00. The summed E-state index contributed by atoms with van der Waals surface area (Å²) in [4.78, 5) is 0. The Morgan fingerprint density at radius 2 is 2.20 bits per heavy atom. The maximum Gasteiger partial charge on any atom is 0.0179 e. The maximum absolute atomic E-state index is 3.87. The molecule has 0 aromatic carbocycles. The summed E-state index contributed by atoms with van der Waals surface area (Å²) in [6, 6.07) is 1.71. The molecule has 2 saturated heterocycles. The lowest BCUT2D eigenvalue weighted by atomic mass is 9.74. The molecule has 15 heavy (non-hydrogen) atoms. The van der Waals surface area contributed by atoms with E-state index < -0.39 is 0 Å². The van der Waals surface area contributed by atoms with E-state index in [0.717, 1.165) is 18.0 Å². The molecule has 1 saturated carbocycles. The first-order valence-corrected chi connectivity index (χ1v) is 6.82. The summed E-state index contributed by atoms with van der Waals surface area (Å²) >= 11 is 0. The zero-order valence-electron chi connectivity index (χ0n) is 9.89. The summed E-state index contributed by atoms with van der Waals surface area (Å²) < 4.78 is 0. The van der Waals surface area contributed by atoms with Crippen molar-refractivity contribution in [2.24, 2.45) is 5.92 Å². The standard InChI is InChI=1S/C13H24N2/c1-2-13(6-3-7-13)14-9-10-8-11-4-5-12(10)15-11/h10-12,14-15H,2-9H2,1H3. The van der Waals surface area contributed by atoms with Gasteiger partial charge in [0.05, 0.1) is 0 Å². The second kappa shape index (κ2) is 3.74. The Balaban J connectivity index is 1.50. The maximum atomic E-state index is 3.87. The number of rotatable bonds is 4. The van der Waals surface area contributed by atoms with Crippen molar-refractivity contribution in [3.05, 3.63) is 0 Å². The van der Waals surface area contributed by atoms with Crippen molar-refractivity contribution < 1.29 is 0 Å². The summed E-state index contributed by atoms with van der Waals surface area (Å²) in [5, 5.41) is 7.60. The van der Waals surface area contributed by atoms with Crippen LogP contribution in [-0.4, -0.2) is 24.2 Å². The van der Waals surface area contributed by atoms with Crippen LogP contribution in [0.2, 0.25) is 0 Å². The van der Waals surface area contributed by atoms with E-state index in [1.54, 1.807) is 0 Å². The molecular formula is C13H24N2. The molecule has 0 radical (unpaired) electrons. The molecule has 1 aliphatic carbocycles. The molecular weight excluding hydrogens is 184 g/mol. The molecule has 3 rings (SSSR count). The van der Waals surface area contributed by atoms with E-state index in [-0.39, 0.29) is 0 Å². The molecule has 2 nitrogen and oxygen atoms in total. The number of hydrogen-bond acceptors (Lipinski definition) is 2. The van der Waals surface area contributed by atoms with Gasteiger partial charge in [-0.3, -0.25) is 0 Å². The van der Waals surface area contributed by atoms with Gasteiger partial charge in [0.25, 0.3) is 0 Å². The fourth-order valence-electron chi connectivity index (χ4n) is 3.77. The minimum Gasteiger partial charge on any atom is -0.311 e. The summed E-state index contributed by atoms with van der Waals surface area (Å²) in [6.07, 6.45) is 9.88. The van der Waals surface area contributed by atoms with Gasteiger partial charge in [-0.05, 0) is 50.9 Å². The predicted molar refractivity (Wildman–Crippen MR) is 62.9 cm³/mol. The van der Waals surface area contributed by atoms with E-state index in [4.69, 9.17) is 0 Å². The van der Waals surface area contributed by atoms with Gasteiger partial charge in [0, 0.05) is 24.2 Å². The van der Waals surface area contributed by atoms with Gasteiger partial charge >= 0.3 is 0 Å². The third-order valence-electron chi connectivity index (χ3n) is 5.16. The predicted octanol–water partition coefficient (Wildman–Crippen LogP) is 2.05. The SMILES string of the molecule is CCC1(NCC2CC3CCC2N3)CCC1. The second-order valence-corrected chi connectivity index (χ2v) is 5.91. The van der Waals surface area contributed by atoms with Crippen molar-refractivity contribution >= 4 is 0 Å². The topological polar surface area (TPSA) is 24.1 Å². The molecule has 2 heteroatoms. The summed E-state index contributed by atoms with van der Waals surface area (Å²) in [5.74, 6) is 0.924. The van der Waals surface area contributed by atoms with E-state index in [9.17, 15) is 0 Å². The second-order valence-electron chi connectivity index (χ2n) is 5.91. The molecule has 2 bridgehead atoms. The zero-order chi connectivity index (χ0) is 10.3. The highest BCUT2D eigenvalue weighted by Crippen LogP contribution is 2.37. The van der Waals surface area contributed by atoms with Crippen LogP contribution in [0.4, 0.5) is 0 Å².